The van der Waals surface area contributed by atoms with Gasteiger partial charge in [-0.3, -0.25) is 0 Å². The van der Waals surface area contributed by atoms with Gasteiger partial charge in [-0.1, -0.05) is 23.2 Å². The van der Waals surface area contributed by atoms with Crippen LogP contribution in [-0.4, -0.2) is 17.7 Å². The first-order chi connectivity index (χ1) is 6.09. The topological polar surface area (TPSA) is 46.5 Å². The van der Waals surface area contributed by atoms with Crippen molar-refractivity contribution < 1.29 is 14.6 Å². The van der Waals surface area contributed by atoms with Crippen LogP contribution in [0.4, 0.5) is 0 Å². The summed E-state index contributed by atoms with van der Waals surface area (Å²) in [6.45, 7) is -0.415. The molecule has 0 aliphatic heterocycles. The number of aliphatic carboxylic acids is 1. The quantitative estimate of drug-likeness (QED) is 0.862. The summed E-state index contributed by atoms with van der Waals surface area (Å²) in [5.74, 6) is -0.737. The lowest BCUT2D eigenvalue weighted by atomic mass is 10.8. The molecule has 0 radical (unpaired) electrons. The molecule has 1 aromatic rings. The van der Waals surface area contributed by atoms with Gasteiger partial charge in [0, 0.05) is 5.02 Å². The van der Waals surface area contributed by atoms with Crippen molar-refractivity contribution in [2.24, 2.45) is 0 Å². The highest BCUT2D eigenvalue weighted by atomic mass is 35.5. The Morgan fingerprint density at radius 2 is 2.15 bits per heavy atom. The minimum atomic E-state index is -1.05. The second-order valence-electron chi connectivity index (χ2n) is 2.26. The first-order valence-electron chi connectivity index (χ1n) is 3.39. The fraction of sp³-hybridized carbons (Fsp3) is 0.125. The van der Waals surface area contributed by atoms with Crippen LogP contribution in [0.3, 0.4) is 0 Å². The van der Waals surface area contributed by atoms with Crippen molar-refractivity contribution in [1.82, 2.24) is 0 Å². The molecule has 70 valence electrons. The van der Waals surface area contributed by atoms with Crippen molar-refractivity contribution >= 4 is 29.2 Å². The molecule has 13 heavy (non-hydrogen) atoms. The van der Waals surface area contributed by atoms with Crippen molar-refractivity contribution in [1.29, 1.82) is 0 Å². The van der Waals surface area contributed by atoms with E-state index >= 15 is 0 Å². The molecule has 0 aromatic heterocycles. The van der Waals surface area contributed by atoms with Gasteiger partial charge in [-0.25, -0.2) is 4.79 Å². The summed E-state index contributed by atoms with van der Waals surface area (Å²) in [5, 5.41) is 9.11. The molecule has 0 heterocycles. The smallest absolute Gasteiger partial charge is 0.341 e. The van der Waals surface area contributed by atoms with Gasteiger partial charge in [0.15, 0.2) is 6.61 Å². The minimum absolute atomic E-state index is 0.300. The number of hydrogen-bond donors (Lipinski definition) is 1. The first kappa shape index (κ1) is 10.2. The number of carboxylic acids is 1. The van der Waals surface area contributed by atoms with Gasteiger partial charge in [0.2, 0.25) is 0 Å². The standard InChI is InChI=1S/C8H6Cl2O3/c9-5-1-2-7(6(10)3-5)13-4-8(11)12/h1-3H,4H2,(H,11,12)/i1+1,2+1,3+1,5+1,6+1,7+1. The zero-order valence-electron chi connectivity index (χ0n) is 6.46. The Bertz CT molecular complexity index is 325. The van der Waals surface area contributed by atoms with Crippen molar-refractivity contribution in [3.63, 3.8) is 0 Å². The van der Waals surface area contributed by atoms with Crippen molar-refractivity contribution in [3.05, 3.63) is 28.2 Å². The lowest BCUT2D eigenvalue weighted by Gasteiger charge is -2.04. The molecule has 0 atom stereocenters. The lowest BCUT2D eigenvalue weighted by molar-refractivity contribution is -0.139. The number of hydrogen-bond acceptors (Lipinski definition) is 2. The second kappa shape index (κ2) is 4.35. The van der Waals surface area contributed by atoms with Crippen molar-refractivity contribution in [3.8, 4) is 5.75 Å². The zero-order chi connectivity index (χ0) is 9.84. The highest BCUT2D eigenvalue weighted by Gasteiger charge is 2.04. The number of ether oxygens (including phenoxy) is 1. The van der Waals surface area contributed by atoms with Crippen LogP contribution in [0.1, 0.15) is 0 Å². The molecule has 5 heteroatoms. The maximum atomic E-state index is 10.2. The molecule has 0 spiro atoms. The average Bonchev–Trinajstić information content (AvgIpc) is 2.02. The molecular formula is C8H6Cl2O3. The number of carboxylic acid groups (broad SMARTS) is 1. The highest BCUT2D eigenvalue weighted by molar-refractivity contribution is 6.35. The Hall–Kier alpha value is -0.930. The molecule has 0 fully saturated rings. The third kappa shape index (κ3) is 3.13. The van der Waals surface area contributed by atoms with Crippen LogP contribution in [0.5, 0.6) is 5.75 Å². The molecule has 0 amide bonds. The summed E-state index contributed by atoms with van der Waals surface area (Å²) in [5.41, 5.74) is 0. The summed E-state index contributed by atoms with van der Waals surface area (Å²) < 4.78 is 4.86. The Kier molecular flexibility index (Phi) is 3.39. The van der Waals surface area contributed by atoms with E-state index in [0.717, 1.165) is 0 Å². The van der Waals surface area contributed by atoms with Gasteiger partial charge in [-0.2, -0.15) is 0 Å². The van der Waals surface area contributed by atoms with E-state index in [-0.39, 0.29) is 0 Å². The van der Waals surface area contributed by atoms with E-state index in [4.69, 9.17) is 33.0 Å². The van der Waals surface area contributed by atoms with Crippen LogP contribution in [0.25, 0.3) is 0 Å². The fourth-order valence-electron chi connectivity index (χ4n) is 0.732. The van der Waals surface area contributed by atoms with E-state index in [1.54, 1.807) is 6.07 Å². The Balaban J connectivity index is 2.72. The fourth-order valence-corrected chi connectivity index (χ4v) is 1.19. The highest BCUT2D eigenvalue weighted by Crippen LogP contribution is 2.27. The van der Waals surface area contributed by atoms with Gasteiger partial charge in [0.05, 0.1) is 5.02 Å². The molecule has 1 N–H and O–H groups in total. The van der Waals surface area contributed by atoms with Gasteiger partial charge >= 0.3 is 5.97 Å². The van der Waals surface area contributed by atoms with Crippen molar-refractivity contribution in [2.45, 2.75) is 0 Å². The van der Waals surface area contributed by atoms with Gasteiger partial charge in [0.1, 0.15) is 5.75 Å². The molecule has 0 saturated heterocycles. The van der Waals surface area contributed by atoms with Crippen LogP contribution in [0, 0.1) is 0 Å². The number of benzene rings is 1. The normalized spacial score (nSPS) is 9.69. The van der Waals surface area contributed by atoms with E-state index < -0.39 is 12.6 Å². The molecule has 0 aliphatic rings. The summed E-state index contributed by atoms with van der Waals surface area (Å²) in [6, 6.07) is 4.58. The number of rotatable bonds is 3. The molecule has 1 rings (SSSR count). The van der Waals surface area contributed by atoms with E-state index in [0.29, 0.717) is 15.8 Å². The lowest BCUT2D eigenvalue weighted by Crippen LogP contribution is -2.09. The van der Waals surface area contributed by atoms with Gasteiger partial charge < -0.3 is 9.84 Å². The summed E-state index contributed by atoms with van der Waals surface area (Å²) in [6.07, 6.45) is 0. The predicted octanol–water partition coefficient (Wildman–Crippen LogP) is 2.46. The molecular weight excluding hydrogens is 221 g/mol. The first-order valence-corrected chi connectivity index (χ1v) is 4.15. The predicted molar refractivity (Wildman–Crippen MR) is 49.6 cm³/mol. The number of halogens is 2. The largest absolute Gasteiger partial charge is 0.480 e. The van der Waals surface area contributed by atoms with E-state index in [1.807, 2.05) is 0 Å². The average molecular weight is 227 g/mol. The molecule has 3 nitrogen and oxygen atoms in total. The van der Waals surface area contributed by atoms with Gasteiger partial charge in [-0.05, 0) is 18.2 Å². The third-order valence-electron chi connectivity index (χ3n) is 1.25. The maximum Gasteiger partial charge on any atom is 0.341 e. The Morgan fingerprint density at radius 1 is 1.46 bits per heavy atom. The van der Waals surface area contributed by atoms with Crippen LogP contribution in [0.2, 0.25) is 10.0 Å². The zero-order valence-corrected chi connectivity index (χ0v) is 7.97. The Morgan fingerprint density at radius 3 is 2.69 bits per heavy atom. The van der Waals surface area contributed by atoms with Crippen LogP contribution < -0.4 is 4.74 Å². The van der Waals surface area contributed by atoms with Crippen LogP contribution in [-0.2, 0) is 4.79 Å². The Labute approximate surface area is 84.8 Å². The second-order valence-corrected chi connectivity index (χ2v) is 3.10. The van der Waals surface area contributed by atoms with E-state index in [9.17, 15) is 4.79 Å². The molecule has 0 aliphatic carbocycles. The third-order valence-corrected chi connectivity index (χ3v) is 1.78. The summed E-state index contributed by atoms with van der Waals surface area (Å²) in [4.78, 5) is 10.2. The van der Waals surface area contributed by atoms with Gasteiger partial charge in [0.25, 0.3) is 0 Å². The molecule has 0 saturated carbocycles. The molecule has 0 unspecified atom stereocenters. The van der Waals surface area contributed by atoms with Gasteiger partial charge in [-0.15, -0.1) is 0 Å². The minimum Gasteiger partial charge on any atom is -0.480 e. The van der Waals surface area contributed by atoms with Crippen molar-refractivity contribution in [2.75, 3.05) is 6.61 Å². The molecule has 0 bridgehead atoms. The summed E-state index contributed by atoms with van der Waals surface area (Å²) in [7, 11) is 0. The number of carbonyl (C=O) groups is 1. The molecule has 1 aromatic carbocycles. The van der Waals surface area contributed by atoms with E-state index in [1.165, 1.54) is 12.1 Å². The van der Waals surface area contributed by atoms with Crippen LogP contribution >= 0.6 is 23.2 Å². The summed E-state index contributed by atoms with van der Waals surface area (Å²) >= 11 is 11.3. The van der Waals surface area contributed by atoms with E-state index in [2.05, 4.69) is 0 Å². The van der Waals surface area contributed by atoms with Crippen LogP contribution in [0.15, 0.2) is 18.2 Å². The maximum absolute atomic E-state index is 10.2. The monoisotopic (exact) mass is 226 g/mol. The SMILES string of the molecule is O=C(O)CO[13c]1[13cH][13cH][13c](Cl)[13cH][13c]1Cl.